The molecule has 1 N–H and O–H groups in total. The van der Waals surface area contributed by atoms with E-state index >= 15 is 0 Å². The second-order valence-electron chi connectivity index (χ2n) is 7.03. The van der Waals surface area contributed by atoms with Crippen molar-refractivity contribution in [3.63, 3.8) is 0 Å². The van der Waals surface area contributed by atoms with Crippen molar-refractivity contribution in [2.24, 2.45) is 7.05 Å². The van der Waals surface area contributed by atoms with Gasteiger partial charge < -0.3 is 19.5 Å². The third kappa shape index (κ3) is 3.70. The summed E-state index contributed by atoms with van der Waals surface area (Å²) in [4.78, 5) is 17.9. The standard InChI is InChI=1S/C21H26N4O4/c1-11(2)15-10-14(18-12(3)24-25(4)20(18)23-15)21(26)22-13-8-16(27-5)19(29-7)17(9-13)28-6/h8-11H,1-7H3,(H,22,26). The van der Waals surface area contributed by atoms with Crippen molar-refractivity contribution in [2.75, 3.05) is 26.6 Å². The van der Waals surface area contributed by atoms with Crippen LogP contribution in [0.25, 0.3) is 11.0 Å². The molecule has 0 bridgehead atoms. The predicted octanol–water partition coefficient (Wildman–Crippen LogP) is 3.68. The van der Waals surface area contributed by atoms with Gasteiger partial charge in [0.05, 0.1) is 38.0 Å². The van der Waals surface area contributed by atoms with E-state index in [9.17, 15) is 4.79 Å². The first-order valence-electron chi connectivity index (χ1n) is 9.26. The SMILES string of the molecule is COc1cc(NC(=O)c2cc(C(C)C)nc3c2c(C)nn3C)cc(OC)c1OC. The van der Waals surface area contributed by atoms with Crippen molar-refractivity contribution in [3.8, 4) is 17.2 Å². The molecule has 0 aliphatic heterocycles. The number of pyridine rings is 1. The molecule has 1 aromatic carbocycles. The molecule has 8 nitrogen and oxygen atoms in total. The molecule has 2 heterocycles. The van der Waals surface area contributed by atoms with Crippen molar-refractivity contribution < 1.29 is 19.0 Å². The number of hydrogen-bond acceptors (Lipinski definition) is 6. The number of carbonyl (C=O) groups excluding carboxylic acids is 1. The highest BCUT2D eigenvalue weighted by Crippen LogP contribution is 2.40. The Balaban J connectivity index is 2.09. The van der Waals surface area contributed by atoms with Gasteiger partial charge in [0, 0.05) is 30.6 Å². The van der Waals surface area contributed by atoms with E-state index in [1.807, 2.05) is 33.9 Å². The quantitative estimate of drug-likeness (QED) is 0.682. The van der Waals surface area contributed by atoms with Crippen LogP contribution in [0.2, 0.25) is 0 Å². The van der Waals surface area contributed by atoms with Gasteiger partial charge in [-0.05, 0) is 18.9 Å². The van der Waals surface area contributed by atoms with Crippen LogP contribution in [0, 0.1) is 6.92 Å². The van der Waals surface area contributed by atoms with Crippen LogP contribution < -0.4 is 19.5 Å². The summed E-state index contributed by atoms with van der Waals surface area (Å²) in [5.74, 6) is 1.29. The molecule has 0 spiro atoms. The minimum absolute atomic E-state index is 0.169. The van der Waals surface area contributed by atoms with E-state index < -0.39 is 0 Å². The monoisotopic (exact) mass is 398 g/mol. The van der Waals surface area contributed by atoms with Crippen LogP contribution in [0.3, 0.4) is 0 Å². The summed E-state index contributed by atoms with van der Waals surface area (Å²) >= 11 is 0. The Hall–Kier alpha value is -3.29. The van der Waals surface area contributed by atoms with Gasteiger partial charge in [-0.15, -0.1) is 0 Å². The molecule has 0 fully saturated rings. The first-order valence-corrected chi connectivity index (χ1v) is 9.26. The minimum atomic E-state index is -0.260. The molecule has 1 amide bonds. The predicted molar refractivity (Wildman–Crippen MR) is 111 cm³/mol. The molecule has 0 aliphatic carbocycles. The van der Waals surface area contributed by atoms with E-state index in [0.717, 1.165) is 16.8 Å². The smallest absolute Gasteiger partial charge is 0.256 e. The Bertz CT molecular complexity index is 1050. The molecule has 0 atom stereocenters. The molecule has 8 heteroatoms. The molecule has 0 saturated carbocycles. The molecule has 0 unspecified atom stereocenters. The highest BCUT2D eigenvalue weighted by molar-refractivity contribution is 6.12. The molecule has 3 rings (SSSR count). The fourth-order valence-corrected chi connectivity index (χ4v) is 3.29. The van der Waals surface area contributed by atoms with E-state index in [2.05, 4.69) is 15.4 Å². The number of aryl methyl sites for hydroxylation is 2. The van der Waals surface area contributed by atoms with Gasteiger partial charge in [0.2, 0.25) is 5.75 Å². The van der Waals surface area contributed by atoms with E-state index in [0.29, 0.717) is 34.1 Å². The zero-order valence-corrected chi connectivity index (χ0v) is 17.8. The number of methoxy groups -OCH3 is 3. The van der Waals surface area contributed by atoms with Crippen LogP contribution in [-0.4, -0.2) is 42.0 Å². The molecule has 3 aromatic rings. The average molecular weight is 398 g/mol. The highest BCUT2D eigenvalue weighted by atomic mass is 16.5. The summed E-state index contributed by atoms with van der Waals surface area (Å²) in [6, 6.07) is 5.21. The largest absolute Gasteiger partial charge is 0.493 e. The lowest BCUT2D eigenvalue weighted by Crippen LogP contribution is -2.14. The number of anilines is 1. The number of hydrogen-bond donors (Lipinski definition) is 1. The Morgan fingerprint density at radius 3 is 2.21 bits per heavy atom. The molecular weight excluding hydrogens is 372 g/mol. The van der Waals surface area contributed by atoms with Crippen LogP contribution in [-0.2, 0) is 7.05 Å². The summed E-state index contributed by atoms with van der Waals surface area (Å²) in [7, 11) is 6.42. The van der Waals surface area contributed by atoms with Crippen LogP contribution in [0.15, 0.2) is 18.2 Å². The summed E-state index contributed by atoms with van der Waals surface area (Å²) in [5.41, 5.74) is 3.32. The summed E-state index contributed by atoms with van der Waals surface area (Å²) in [6.45, 7) is 5.95. The molecule has 0 saturated heterocycles. The first kappa shape index (κ1) is 20.4. The summed E-state index contributed by atoms with van der Waals surface area (Å²) in [6.07, 6.45) is 0. The molecular formula is C21H26N4O4. The van der Waals surface area contributed by atoms with Gasteiger partial charge >= 0.3 is 0 Å². The second kappa shape index (κ2) is 7.98. The van der Waals surface area contributed by atoms with Gasteiger partial charge in [-0.2, -0.15) is 5.10 Å². The van der Waals surface area contributed by atoms with E-state index in [4.69, 9.17) is 14.2 Å². The Morgan fingerprint density at radius 1 is 1.07 bits per heavy atom. The van der Waals surface area contributed by atoms with Gasteiger partial charge in [-0.3, -0.25) is 9.48 Å². The number of rotatable bonds is 6. The van der Waals surface area contributed by atoms with Crippen molar-refractivity contribution >= 4 is 22.6 Å². The molecule has 154 valence electrons. The molecule has 0 radical (unpaired) electrons. The lowest BCUT2D eigenvalue weighted by molar-refractivity contribution is 0.102. The number of nitrogens with zero attached hydrogens (tertiary/aromatic N) is 3. The topological polar surface area (TPSA) is 87.5 Å². The Morgan fingerprint density at radius 2 is 1.69 bits per heavy atom. The fourth-order valence-electron chi connectivity index (χ4n) is 3.29. The van der Waals surface area contributed by atoms with Crippen LogP contribution in [0.1, 0.15) is 41.5 Å². The number of benzene rings is 1. The molecule has 0 aliphatic rings. The maximum atomic E-state index is 13.2. The van der Waals surface area contributed by atoms with Gasteiger partial charge in [0.1, 0.15) is 0 Å². The second-order valence-corrected chi connectivity index (χ2v) is 7.03. The summed E-state index contributed by atoms with van der Waals surface area (Å²) in [5, 5.41) is 8.11. The number of fused-ring (bicyclic) bond motifs is 1. The Kier molecular flexibility index (Phi) is 5.63. The van der Waals surface area contributed by atoms with E-state index in [1.165, 1.54) is 21.3 Å². The van der Waals surface area contributed by atoms with Gasteiger partial charge in [0.15, 0.2) is 17.1 Å². The molecule has 2 aromatic heterocycles. The van der Waals surface area contributed by atoms with Crippen molar-refractivity contribution in [1.29, 1.82) is 0 Å². The van der Waals surface area contributed by atoms with E-state index in [1.54, 1.807) is 16.8 Å². The zero-order valence-electron chi connectivity index (χ0n) is 17.8. The van der Waals surface area contributed by atoms with Crippen molar-refractivity contribution in [1.82, 2.24) is 14.8 Å². The lowest BCUT2D eigenvalue weighted by Gasteiger charge is -2.15. The van der Waals surface area contributed by atoms with Crippen LogP contribution in [0.5, 0.6) is 17.2 Å². The minimum Gasteiger partial charge on any atom is -0.493 e. The highest BCUT2D eigenvalue weighted by Gasteiger charge is 2.21. The first-order chi connectivity index (χ1) is 13.8. The van der Waals surface area contributed by atoms with Gasteiger partial charge in [-0.25, -0.2) is 4.98 Å². The number of amides is 1. The lowest BCUT2D eigenvalue weighted by atomic mass is 10.0. The maximum Gasteiger partial charge on any atom is 0.256 e. The van der Waals surface area contributed by atoms with Crippen LogP contribution >= 0.6 is 0 Å². The Labute approximate surface area is 169 Å². The van der Waals surface area contributed by atoms with Gasteiger partial charge in [0.25, 0.3) is 5.91 Å². The van der Waals surface area contributed by atoms with Crippen molar-refractivity contribution in [3.05, 3.63) is 35.2 Å². The third-order valence-electron chi connectivity index (χ3n) is 4.75. The maximum absolute atomic E-state index is 13.2. The van der Waals surface area contributed by atoms with Crippen LogP contribution in [0.4, 0.5) is 5.69 Å². The average Bonchev–Trinajstić information content (AvgIpc) is 3.00. The number of aromatic nitrogens is 3. The number of ether oxygens (including phenoxy) is 3. The van der Waals surface area contributed by atoms with Crippen molar-refractivity contribution in [2.45, 2.75) is 26.7 Å². The molecule has 29 heavy (non-hydrogen) atoms. The number of nitrogens with one attached hydrogen (secondary N) is 1. The number of carbonyl (C=O) groups is 1. The summed E-state index contributed by atoms with van der Waals surface area (Å²) < 4.78 is 17.8. The zero-order chi connectivity index (χ0) is 21.3. The third-order valence-corrected chi connectivity index (χ3v) is 4.75. The van der Waals surface area contributed by atoms with Gasteiger partial charge in [-0.1, -0.05) is 13.8 Å². The van der Waals surface area contributed by atoms with E-state index in [-0.39, 0.29) is 11.8 Å². The fraction of sp³-hybridized carbons (Fsp3) is 0.381. The normalized spacial score (nSPS) is 11.0.